The Hall–Kier alpha value is -1.63. The predicted octanol–water partition coefficient (Wildman–Crippen LogP) is 3.24. The maximum atomic E-state index is 11.5. The molecule has 3 rings (SSSR count). The summed E-state index contributed by atoms with van der Waals surface area (Å²) >= 11 is 0. The van der Waals surface area contributed by atoms with E-state index in [1.54, 1.807) is 12.1 Å². The second kappa shape index (κ2) is 6.35. The molecule has 1 saturated carbocycles. The number of rotatable bonds is 6. The maximum Gasteiger partial charge on any atom is 0.238 e. The first-order valence-corrected chi connectivity index (χ1v) is 9.72. The van der Waals surface area contributed by atoms with Crippen LogP contribution in [0.5, 0.6) is 0 Å². The fraction of sp³-hybridized carbons (Fsp3) is 0.444. The lowest BCUT2D eigenvalue weighted by atomic mass is 10.1. The fourth-order valence-electron chi connectivity index (χ4n) is 2.99. The Bertz CT molecular complexity index is 828. The highest BCUT2D eigenvalue weighted by Crippen LogP contribution is 2.47. The van der Waals surface area contributed by atoms with Gasteiger partial charge < -0.3 is 4.42 Å². The van der Waals surface area contributed by atoms with Crippen molar-refractivity contribution in [3.63, 3.8) is 0 Å². The molecule has 0 unspecified atom stereocenters. The van der Waals surface area contributed by atoms with Gasteiger partial charge in [-0.05, 0) is 56.1 Å². The predicted molar refractivity (Wildman–Crippen MR) is 92.9 cm³/mol. The normalized spacial score (nSPS) is 21.9. The van der Waals surface area contributed by atoms with Crippen LogP contribution in [-0.2, 0) is 16.6 Å². The molecule has 1 heterocycles. The van der Waals surface area contributed by atoms with Gasteiger partial charge >= 0.3 is 0 Å². The standard InChI is InChI=1S/C18H24N2O3S/c1-12-9-17(12)18-8-7-15(23-18)11-20(3)13(2)14-5-4-6-16(10-14)24(19,21)22/h4-8,10,12-13,17H,9,11H2,1-3H3,(H2,19,21,22)/t12-,13+,17-/m1/s1. The van der Waals surface area contributed by atoms with Crippen LogP contribution in [0.15, 0.2) is 45.7 Å². The van der Waals surface area contributed by atoms with Crippen LogP contribution in [0.2, 0.25) is 0 Å². The molecule has 0 radical (unpaired) electrons. The Labute approximate surface area is 143 Å². The van der Waals surface area contributed by atoms with Crippen molar-refractivity contribution >= 4 is 10.0 Å². The maximum absolute atomic E-state index is 11.5. The van der Waals surface area contributed by atoms with Crippen LogP contribution in [0, 0.1) is 5.92 Å². The van der Waals surface area contributed by atoms with E-state index in [4.69, 9.17) is 9.56 Å². The minimum Gasteiger partial charge on any atom is -0.464 e. The molecule has 2 N–H and O–H groups in total. The number of hydrogen-bond acceptors (Lipinski definition) is 4. The second-order valence-corrected chi connectivity index (χ2v) is 8.39. The largest absolute Gasteiger partial charge is 0.464 e. The van der Waals surface area contributed by atoms with Gasteiger partial charge in [-0.1, -0.05) is 19.1 Å². The minimum absolute atomic E-state index is 0.0418. The summed E-state index contributed by atoms with van der Waals surface area (Å²) in [6.45, 7) is 4.94. The lowest BCUT2D eigenvalue weighted by molar-refractivity contribution is 0.230. The Morgan fingerprint density at radius 3 is 2.67 bits per heavy atom. The second-order valence-electron chi connectivity index (χ2n) is 6.83. The van der Waals surface area contributed by atoms with Crippen LogP contribution in [0.3, 0.4) is 0 Å². The molecule has 6 heteroatoms. The first-order chi connectivity index (χ1) is 11.3. The van der Waals surface area contributed by atoms with Crippen molar-refractivity contribution in [2.24, 2.45) is 11.1 Å². The molecule has 0 aliphatic heterocycles. The van der Waals surface area contributed by atoms with Gasteiger partial charge in [0.15, 0.2) is 0 Å². The van der Waals surface area contributed by atoms with Crippen LogP contribution in [0.25, 0.3) is 0 Å². The molecule has 1 fully saturated rings. The van der Waals surface area contributed by atoms with Gasteiger partial charge in [0.1, 0.15) is 11.5 Å². The van der Waals surface area contributed by atoms with E-state index < -0.39 is 10.0 Å². The Balaban J connectivity index is 1.70. The van der Waals surface area contributed by atoms with E-state index in [0.29, 0.717) is 12.5 Å². The van der Waals surface area contributed by atoms with Crippen molar-refractivity contribution < 1.29 is 12.8 Å². The van der Waals surface area contributed by atoms with Crippen molar-refractivity contribution in [3.8, 4) is 0 Å². The number of sulfonamides is 1. The van der Waals surface area contributed by atoms with Crippen molar-refractivity contribution in [3.05, 3.63) is 53.5 Å². The van der Waals surface area contributed by atoms with E-state index in [1.165, 1.54) is 12.5 Å². The highest BCUT2D eigenvalue weighted by atomic mass is 32.2. The molecule has 0 amide bonds. The summed E-state index contributed by atoms with van der Waals surface area (Å²) in [7, 11) is -1.69. The molecule has 1 aliphatic carbocycles. The minimum atomic E-state index is -3.68. The summed E-state index contributed by atoms with van der Waals surface area (Å²) in [5.41, 5.74) is 0.909. The number of hydrogen-bond donors (Lipinski definition) is 1. The topological polar surface area (TPSA) is 76.5 Å². The number of benzene rings is 1. The molecule has 1 aromatic heterocycles. The molecule has 0 saturated heterocycles. The van der Waals surface area contributed by atoms with Gasteiger partial charge in [-0.15, -0.1) is 0 Å². The summed E-state index contributed by atoms with van der Waals surface area (Å²) < 4.78 is 29.0. The quantitative estimate of drug-likeness (QED) is 0.869. The van der Waals surface area contributed by atoms with E-state index in [1.807, 2.05) is 26.1 Å². The fourth-order valence-corrected chi connectivity index (χ4v) is 3.55. The zero-order valence-corrected chi connectivity index (χ0v) is 15.1. The van der Waals surface area contributed by atoms with Gasteiger partial charge in [-0.2, -0.15) is 0 Å². The summed E-state index contributed by atoms with van der Waals surface area (Å²) in [5.74, 6) is 3.31. The lowest BCUT2D eigenvalue weighted by Gasteiger charge is -2.24. The smallest absolute Gasteiger partial charge is 0.238 e. The molecule has 24 heavy (non-hydrogen) atoms. The number of primary sulfonamides is 1. The van der Waals surface area contributed by atoms with Gasteiger partial charge in [-0.3, -0.25) is 4.90 Å². The summed E-state index contributed by atoms with van der Waals surface area (Å²) in [6, 6.07) is 10.9. The van der Waals surface area contributed by atoms with Crippen LogP contribution >= 0.6 is 0 Å². The molecule has 5 nitrogen and oxygen atoms in total. The molecule has 2 aromatic rings. The van der Waals surface area contributed by atoms with Crippen molar-refractivity contribution in [2.75, 3.05) is 7.05 Å². The van der Waals surface area contributed by atoms with Crippen molar-refractivity contribution in [1.29, 1.82) is 0 Å². The first kappa shape index (κ1) is 17.2. The number of furan rings is 1. The molecule has 0 bridgehead atoms. The van der Waals surface area contributed by atoms with E-state index in [-0.39, 0.29) is 10.9 Å². The van der Waals surface area contributed by atoms with E-state index in [9.17, 15) is 8.42 Å². The van der Waals surface area contributed by atoms with Crippen LogP contribution in [-0.4, -0.2) is 20.4 Å². The van der Waals surface area contributed by atoms with E-state index in [2.05, 4.69) is 17.9 Å². The average Bonchev–Trinajstić information content (AvgIpc) is 3.08. The third-order valence-electron chi connectivity index (χ3n) is 4.89. The lowest BCUT2D eigenvalue weighted by Crippen LogP contribution is -2.22. The van der Waals surface area contributed by atoms with Gasteiger partial charge in [0.25, 0.3) is 0 Å². The summed E-state index contributed by atoms with van der Waals surface area (Å²) in [4.78, 5) is 2.27. The number of nitrogens with zero attached hydrogens (tertiary/aromatic N) is 1. The van der Waals surface area contributed by atoms with Crippen LogP contribution in [0.1, 0.15) is 49.3 Å². The van der Waals surface area contributed by atoms with E-state index in [0.717, 1.165) is 23.0 Å². The van der Waals surface area contributed by atoms with Gasteiger partial charge in [0.2, 0.25) is 10.0 Å². The van der Waals surface area contributed by atoms with Crippen molar-refractivity contribution in [2.45, 2.75) is 43.7 Å². The molecule has 0 spiro atoms. The third-order valence-corrected chi connectivity index (χ3v) is 5.80. The summed E-state index contributed by atoms with van der Waals surface area (Å²) in [5, 5.41) is 5.22. The molecule has 1 aliphatic rings. The third kappa shape index (κ3) is 3.71. The molecule has 130 valence electrons. The average molecular weight is 348 g/mol. The Morgan fingerprint density at radius 1 is 1.33 bits per heavy atom. The summed E-state index contributed by atoms with van der Waals surface area (Å²) in [6.07, 6.45) is 1.21. The van der Waals surface area contributed by atoms with Gasteiger partial charge in [0, 0.05) is 12.0 Å². The molecular formula is C18H24N2O3S. The van der Waals surface area contributed by atoms with E-state index >= 15 is 0 Å². The zero-order chi connectivity index (χ0) is 17.5. The van der Waals surface area contributed by atoms with Crippen LogP contribution in [0.4, 0.5) is 0 Å². The molecular weight excluding hydrogens is 324 g/mol. The first-order valence-electron chi connectivity index (χ1n) is 8.17. The van der Waals surface area contributed by atoms with Crippen molar-refractivity contribution in [1.82, 2.24) is 4.90 Å². The van der Waals surface area contributed by atoms with Crippen LogP contribution < -0.4 is 5.14 Å². The Kier molecular flexibility index (Phi) is 4.55. The highest BCUT2D eigenvalue weighted by Gasteiger charge is 2.36. The molecule has 3 atom stereocenters. The Morgan fingerprint density at radius 2 is 2.04 bits per heavy atom. The SMILES string of the molecule is C[C@@H]1C[C@H]1c1ccc(CN(C)[C@@H](C)c2cccc(S(N)(=O)=O)c2)o1. The zero-order valence-electron chi connectivity index (χ0n) is 14.3. The monoisotopic (exact) mass is 348 g/mol. The molecule has 1 aromatic carbocycles. The number of nitrogens with two attached hydrogens (primary N) is 1. The van der Waals surface area contributed by atoms with Gasteiger partial charge in [-0.25, -0.2) is 13.6 Å². The highest BCUT2D eigenvalue weighted by molar-refractivity contribution is 7.89. The van der Waals surface area contributed by atoms with Gasteiger partial charge in [0.05, 0.1) is 11.4 Å².